The van der Waals surface area contributed by atoms with Crippen LogP contribution in [0.25, 0.3) is 10.2 Å². The van der Waals surface area contributed by atoms with Crippen LogP contribution in [0.2, 0.25) is 0 Å². The number of fused-ring (bicyclic) bond motifs is 1. The zero-order valence-electron chi connectivity index (χ0n) is 21.9. The van der Waals surface area contributed by atoms with Crippen LogP contribution in [0.4, 0.5) is 5.13 Å². The predicted octanol–water partition coefficient (Wildman–Crippen LogP) is 4.24. The zero-order chi connectivity index (χ0) is 26.9. The average Bonchev–Trinajstić information content (AvgIpc) is 3.70. The number of rotatable bonds is 9. The van der Waals surface area contributed by atoms with Gasteiger partial charge in [-0.3, -0.25) is 9.69 Å². The quantitative estimate of drug-likeness (QED) is 0.387. The van der Waals surface area contributed by atoms with Crippen LogP contribution < -0.4 is 9.64 Å². The fourth-order valence-corrected chi connectivity index (χ4v) is 7.16. The largest absolute Gasteiger partial charge is 0.494 e. The molecule has 0 aliphatic carbocycles. The van der Waals surface area contributed by atoms with Crippen LogP contribution in [0.15, 0.2) is 41.3 Å². The van der Waals surface area contributed by atoms with Gasteiger partial charge >= 0.3 is 0 Å². The highest BCUT2D eigenvalue weighted by Gasteiger charge is 2.29. The Balaban J connectivity index is 1.42. The van der Waals surface area contributed by atoms with Gasteiger partial charge in [0.2, 0.25) is 10.0 Å². The van der Waals surface area contributed by atoms with Crippen LogP contribution in [0.1, 0.15) is 41.6 Å². The lowest BCUT2D eigenvalue weighted by Gasteiger charge is -2.23. The second-order valence-electron chi connectivity index (χ2n) is 9.75. The van der Waals surface area contributed by atoms with E-state index in [2.05, 4.69) is 0 Å². The average molecular weight is 560 g/mol. The molecular formula is C27H33N3O6S2. The molecule has 0 radical (unpaired) electrons. The third-order valence-electron chi connectivity index (χ3n) is 7.09. The third kappa shape index (κ3) is 5.43. The molecule has 0 N–H and O–H groups in total. The van der Waals surface area contributed by atoms with Crippen LogP contribution in [0.5, 0.6) is 5.75 Å². The molecular weight excluding hydrogens is 526 g/mol. The van der Waals surface area contributed by atoms with Crippen molar-refractivity contribution in [2.45, 2.75) is 49.7 Å². The summed E-state index contributed by atoms with van der Waals surface area (Å²) in [6.07, 6.45) is 3.44. The van der Waals surface area contributed by atoms with Crippen molar-refractivity contribution in [3.05, 3.63) is 47.5 Å². The molecule has 2 fully saturated rings. The molecule has 2 aliphatic heterocycles. The number of hydrogen-bond donors (Lipinski definition) is 0. The summed E-state index contributed by atoms with van der Waals surface area (Å²) >= 11 is 1.44. The number of methoxy groups -OCH3 is 1. The van der Waals surface area contributed by atoms with Gasteiger partial charge in [-0.1, -0.05) is 17.4 Å². The Labute approximate surface area is 227 Å². The molecule has 9 nitrogen and oxygen atoms in total. The monoisotopic (exact) mass is 559 g/mol. The Morgan fingerprint density at radius 1 is 1.05 bits per heavy atom. The topological polar surface area (TPSA) is 98.3 Å². The number of sulfonamides is 1. The van der Waals surface area contributed by atoms with Gasteiger partial charge in [-0.2, -0.15) is 4.31 Å². The molecule has 3 aromatic rings. The van der Waals surface area contributed by atoms with Crippen LogP contribution >= 0.6 is 11.3 Å². The lowest BCUT2D eigenvalue weighted by Crippen LogP contribution is -2.37. The number of aromatic nitrogens is 1. The first-order valence-corrected chi connectivity index (χ1v) is 15.1. The maximum Gasteiger partial charge on any atom is 0.260 e. The standard InChI is InChI=1S/C27H33N3O6S2/c1-18-8-13-23(34-3)24-25(18)37-27(28-24)30(17-21-7-5-15-36-21)26(31)19-9-11-22(12-10-19)38(32,33)29(2)16-20-6-4-14-35-20/h8-13,20-21H,4-7,14-17H2,1-3H3. The summed E-state index contributed by atoms with van der Waals surface area (Å²) in [6.45, 7) is 4.01. The molecule has 2 aromatic carbocycles. The van der Waals surface area contributed by atoms with E-state index in [4.69, 9.17) is 19.2 Å². The number of hydrogen-bond acceptors (Lipinski definition) is 8. The smallest absolute Gasteiger partial charge is 0.260 e. The molecule has 1 aromatic heterocycles. The molecule has 0 saturated carbocycles. The summed E-state index contributed by atoms with van der Waals surface area (Å²) in [5.41, 5.74) is 2.15. The maximum absolute atomic E-state index is 13.8. The highest BCUT2D eigenvalue weighted by atomic mass is 32.2. The normalized spacial score (nSPS) is 19.9. The first-order chi connectivity index (χ1) is 18.3. The second-order valence-corrected chi connectivity index (χ2v) is 12.8. The van der Waals surface area contributed by atoms with Crippen molar-refractivity contribution in [1.29, 1.82) is 0 Å². The summed E-state index contributed by atoms with van der Waals surface area (Å²) < 4.78 is 45.5. The van der Waals surface area contributed by atoms with Gasteiger partial charge in [0.15, 0.2) is 5.13 Å². The molecule has 11 heteroatoms. The van der Waals surface area contributed by atoms with Crippen molar-refractivity contribution in [3.8, 4) is 5.75 Å². The van der Waals surface area contributed by atoms with Crippen molar-refractivity contribution >= 4 is 42.6 Å². The van der Waals surface area contributed by atoms with Gasteiger partial charge < -0.3 is 14.2 Å². The first-order valence-electron chi connectivity index (χ1n) is 12.8. The minimum absolute atomic E-state index is 0.0833. The second kappa shape index (κ2) is 11.3. The van der Waals surface area contributed by atoms with Crippen LogP contribution in [-0.4, -0.2) is 76.3 Å². The fourth-order valence-electron chi connectivity index (χ4n) is 4.90. The number of benzene rings is 2. The molecule has 5 rings (SSSR count). The van der Waals surface area contributed by atoms with E-state index >= 15 is 0 Å². The van der Waals surface area contributed by atoms with Crippen molar-refractivity contribution in [1.82, 2.24) is 9.29 Å². The molecule has 2 saturated heterocycles. The Morgan fingerprint density at radius 3 is 2.32 bits per heavy atom. The summed E-state index contributed by atoms with van der Waals surface area (Å²) in [5.74, 6) is 0.395. The number of carbonyl (C=O) groups excluding carboxylic acids is 1. The molecule has 204 valence electrons. The Kier molecular flexibility index (Phi) is 8.01. The van der Waals surface area contributed by atoms with Gasteiger partial charge in [0.25, 0.3) is 5.91 Å². The fraction of sp³-hybridized carbons (Fsp3) is 0.481. The van der Waals surface area contributed by atoms with Gasteiger partial charge in [0.1, 0.15) is 11.3 Å². The number of ether oxygens (including phenoxy) is 3. The molecule has 0 bridgehead atoms. The van der Waals surface area contributed by atoms with Crippen molar-refractivity contribution < 1.29 is 27.4 Å². The molecule has 2 aliphatic rings. The number of anilines is 1. The van der Waals surface area contributed by atoms with E-state index in [9.17, 15) is 13.2 Å². The Bertz CT molecular complexity index is 1390. The van der Waals surface area contributed by atoms with Crippen LogP contribution in [-0.2, 0) is 19.5 Å². The van der Waals surface area contributed by atoms with E-state index in [1.54, 1.807) is 31.2 Å². The van der Waals surface area contributed by atoms with E-state index in [-0.39, 0.29) is 23.0 Å². The van der Waals surface area contributed by atoms with Gasteiger partial charge in [-0.05, 0) is 68.5 Å². The zero-order valence-corrected chi connectivity index (χ0v) is 23.5. The number of thiazole rings is 1. The summed E-state index contributed by atoms with van der Waals surface area (Å²) in [4.78, 5) is 20.4. The molecule has 2 unspecified atom stereocenters. The van der Waals surface area contributed by atoms with E-state index in [0.29, 0.717) is 48.3 Å². The van der Waals surface area contributed by atoms with Gasteiger partial charge in [0.05, 0.1) is 35.5 Å². The SMILES string of the molecule is COc1ccc(C)c2sc(N(CC3CCCO3)C(=O)c3ccc(S(=O)(=O)N(C)CC4CCCO4)cc3)nc12. The third-order valence-corrected chi connectivity index (χ3v) is 10.1. The van der Waals surface area contributed by atoms with Crippen molar-refractivity contribution in [2.75, 3.05) is 45.4 Å². The number of amides is 1. The lowest BCUT2D eigenvalue weighted by molar-refractivity contribution is 0.0917. The van der Waals surface area contributed by atoms with Gasteiger partial charge in [-0.15, -0.1) is 0 Å². The number of aryl methyl sites for hydroxylation is 1. The minimum atomic E-state index is -3.71. The van der Waals surface area contributed by atoms with E-state index in [1.165, 1.54) is 27.8 Å². The van der Waals surface area contributed by atoms with Crippen molar-refractivity contribution in [2.24, 2.45) is 0 Å². The van der Waals surface area contributed by atoms with Crippen molar-refractivity contribution in [3.63, 3.8) is 0 Å². The molecule has 0 spiro atoms. The highest BCUT2D eigenvalue weighted by Crippen LogP contribution is 2.37. The van der Waals surface area contributed by atoms with E-state index < -0.39 is 10.0 Å². The van der Waals surface area contributed by atoms with Gasteiger partial charge in [-0.25, -0.2) is 13.4 Å². The number of likely N-dealkylation sites (N-methyl/N-ethyl adjacent to an activating group) is 1. The molecule has 38 heavy (non-hydrogen) atoms. The van der Waals surface area contributed by atoms with Crippen LogP contribution in [0, 0.1) is 6.92 Å². The molecule has 1 amide bonds. The van der Waals surface area contributed by atoms with E-state index in [0.717, 1.165) is 35.9 Å². The minimum Gasteiger partial charge on any atom is -0.494 e. The lowest BCUT2D eigenvalue weighted by atomic mass is 10.2. The number of nitrogens with zero attached hydrogens (tertiary/aromatic N) is 3. The maximum atomic E-state index is 13.8. The Hall–Kier alpha value is -2.57. The molecule has 3 heterocycles. The summed E-state index contributed by atoms with van der Waals surface area (Å²) in [6, 6.07) is 9.97. The predicted molar refractivity (Wildman–Crippen MR) is 147 cm³/mol. The van der Waals surface area contributed by atoms with E-state index in [1.807, 2.05) is 19.1 Å². The van der Waals surface area contributed by atoms with Gasteiger partial charge in [0, 0.05) is 32.4 Å². The number of carbonyl (C=O) groups is 1. The summed E-state index contributed by atoms with van der Waals surface area (Å²) in [7, 11) is -0.544. The van der Waals surface area contributed by atoms with Crippen LogP contribution in [0.3, 0.4) is 0 Å². The Morgan fingerprint density at radius 2 is 1.71 bits per heavy atom. The summed E-state index contributed by atoms with van der Waals surface area (Å²) in [5, 5.41) is 0.557. The molecule has 2 atom stereocenters. The highest BCUT2D eigenvalue weighted by molar-refractivity contribution is 7.89. The first kappa shape index (κ1) is 27.0.